The summed E-state index contributed by atoms with van der Waals surface area (Å²) in [5.74, 6) is -0.421. The van der Waals surface area contributed by atoms with Gasteiger partial charge in [-0.25, -0.2) is 17.5 Å². The Morgan fingerprint density at radius 1 is 1.10 bits per heavy atom. The van der Waals surface area contributed by atoms with Gasteiger partial charge in [0.1, 0.15) is 5.82 Å². The minimum absolute atomic E-state index is 0.0671. The highest BCUT2D eigenvalue weighted by atomic mass is 32.2. The van der Waals surface area contributed by atoms with Crippen molar-refractivity contribution in [2.24, 2.45) is 0 Å². The molecule has 1 N–H and O–H groups in total. The molecule has 20 heavy (non-hydrogen) atoms. The summed E-state index contributed by atoms with van der Waals surface area (Å²) in [6.45, 7) is 3.57. The van der Waals surface area contributed by atoms with Gasteiger partial charge in [0.2, 0.25) is 10.0 Å². The highest BCUT2D eigenvalue weighted by Crippen LogP contribution is 2.17. The van der Waals surface area contributed by atoms with Crippen LogP contribution in [0.25, 0.3) is 0 Å². The maximum Gasteiger partial charge on any atom is 0.241 e. The Morgan fingerprint density at radius 2 is 1.80 bits per heavy atom. The number of benzene rings is 2. The largest absolute Gasteiger partial charge is 0.241 e. The van der Waals surface area contributed by atoms with Crippen LogP contribution in [0.5, 0.6) is 0 Å². The summed E-state index contributed by atoms with van der Waals surface area (Å²) in [7, 11) is -3.64. The van der Waals surface area contributed by atoms with Crippen LogP contribution >= 0.6 is 0 Å². The minimum Gasteiger partial charge on any atom is -0.207 e. The van der Waals surface area contributed by atoms with Crippen LogP contribution in [0.4, 0.5) is 4.39 Å². The number of hydrogen-bond donors (Lipinski definition) is 1. The van der Waals surface area contributed by atoms with Gasteiger partial charge < -0.3 is 0 Å². The van der Waals surface area contributed by atoms with E-state index < -0.39 is 15.8 Å². The first-order valence-electron chi connectivity index (χ1n) is 6.20. The lowest BCUT2D eigenvalue weighted by Crippen LogP contribution is -2.24. The van der Waals surface area contributed by atoms with Crippen molar-refractivity contribution in [1.82, 2.24) is 4.72 Å². The normalized spacial score (nSPS) is 11.6. The first kappa shape index (κ1) is 14.7. The zero-order valence-electron chi connectivity index (χ0n) is 11.4. The van der Waals surface area contributed by atoms with Crippen molar-refractivity contribution in [3.8, 4) is 0 Å². The summed E-state index contributed by atoms with van der Waals surface area (Å²) < 4.78 is 40.3. The van der Waals surface area contributed by atoms with Crippen molar-refractivity contribution < 1.29 is 12.8 Å². The van der Waals surface area contributed by atoms with Gasteiger partial charge >= 0.3 is 0 Å². The topological polar surface area (TPSA) is 46.2 Å². The average Bonchev–Trinajstić information content (AvgIpc) is 2.37. The maximum atomic E-state index is 13.5. The smallest absolute Gasteiger partial charge is 0.207 e. The number of aryl methyl sites for hydroxylation is 2. The van der Waals surface area contributed by atoms with Crippen LogP contribution < -0.4 is 4.72 Å². The van der Waals surface area contributed by atoms with Crippen molar-refractivity contribution in [1.29, 1.82) is 0 Å². The molecular weight excluding hydrogens is 277 g/mol. The average molecular weight is 293 g/mol. The molecule has 2 rings (SSSR count). The van der Waals surface area contributed by atoms with E-state index in [1.165, 1.54) is 6.07 Å². The zero-order chi connectivity index (χ0) is 14.8. The molecule has 0 bridgehead atoms. The van der Waals surface area contributed by atoms with Crippen molar-refractivity contribution >= 4 is 10.0 Å². The fraction of sp³-hybridized carbons (Fsp3) is 0.200. The molecule has 0 amide bonds. The first-order chi connectivity index (χ1) is 9.40. The van der Waals surface area contributed by atoms with E-state index in [-0.39, 0.29) is 11.4 Å². The Balaban J connectivity index is 2.22. The summed E-state index contributed by atoms with van der Waals surface area (Å²) in [5, 5.41) is 0. The third-order valence-corrected chi connectivity index (χ3v) is 4.59. The van der Waals surface area contributed by atoms with E-state index >= 15 is 0 Å². The third-order valence-electron chi connectivity index (χ3n) is 3.03. The third kappa shape index (κ3) is 3.23. The molecular formula is C15H16FNO2S. The lowest BCUT2D eigenvalue weighted by molar-refractivity contribution is 0.574. The monoisotopic (exact) mass is 293 g/mol. The molecule has 2 aromatic carbocycles. The van der Waals surface area contributed by atoms with E-state index in [0.29, 0.717) is 11.1 Å². The Hall–Kier alpha value is -1.72. The standard InChI is InChI=1S/C15H16FNO2S/c1-11-7-8-15(12(2)9-11)20(18,19)17-10-13-5-3-4-6-14(13)16/h3-9,17H,10H2,1-2H3. The second-order valence-corrected chi connectivity index (χ2v) is 6.42. The molecule has 0 aliphatic rings. The van der Waals surface area contributed by atoms with E-state index in [1.807, 2.05) is 6.92 Å². The van der Waals surface area contributed by atoms with Crippen LogP contribution in [-0.4, -0.2) is 8.42 Å². The quantitative estimate of drug-likeness (QED) is 0.942. The number of sulfonamides is 1. The zero-order valence-corrected chi connectivity index (χ0v) is 12.2. The lowest BCUT2D eigenvalue weighted by atomic mass is 10.2. The number of nitrogens with one attached hydrogen (secondary N) is 1. The molecule has 0 unspecified atom stereocenters. The summed E-state index contributed by atoms with van der Waals surface area (Å²) in [6, 6.07) is 11.2. The van der Waals surface area contributed by atoms with Crippen molar-refractivity contribution in [3.63, 3.8) is 0 Å². The SMILES string of the molecule is Cc1ccc(S(=O)(=O)NCc2ccccc2F)c(C)c1. The molecule has 2 aromatic rings. The predicted molar refractivity (Wildman–Crippen MR) is 76.3 cm³/mol. The van der Waals surface area contributed by atoms with E-state index in [1.54, 1.807) is 43.3 Å². The van der Waals surface area contributed by atoms with Gasteiger partial charge in [0.25, 0.3) is 0 Å². The number of hydrogen-bond acceptors (Lipinski definition) is 2. The molecule has 3 nitrogen and oxygen atoms in total. The molecule has 0 aliphatic carbocycles. The van der Waals surface area contributed by atoms with Crippen LogP contribution in [0.3, 0.4) is 0 Å². The lowest BCUT2D eigenvalue weighted by Gasteiger charge is -2.10. The Bertz CT molecular complexity index is 726. The van der Waals surface area contributed by atoms with Crippen LogP contribution in [-0.2, 0) is 16.6 Å². The molecule has 106 valence electrons. The summed E-state index contributed by atoms with van der Waals surface area (Å²) in [4.78, 5) is 0.222. The maximum absolute atomic E-state index is 13.5. The van der Waals surface area contributed by atoms with Gasteiger partial charge in [-0.15, -0.1) is 0 Å². The van der Waals surface area contributed by atoms with Crippen LogP contribution in [0.2, 0.25) is 0 Å². The second-order valence-electron chi connectivity index (χ2n) is 4.68. The number of rotatable bonds is 4. The molecule has 0 atom stereocenters. The van der Waals surface area contributed by atoms with E-state index in [9.17, 15) is 12.8 Å². The van der Waals surface area contributed by atoms with Crippen LogP contribution in [0.15, 0.2) is 47.4 Å². The van der Waals surface area contributed by atoms with Crippen molar-refractivity contribution in [2.75, 3.05) is 0 Å². The van der Waals surface area contributed by atoms with E-state index in [4.69, 9.17) is 0 Å². The molecule has 0 heterocycles. The molecule has 0 aliphatic heterocycles. The molecule has 0 radical (unpaired) electrons. The van der Waals surface area contributed by atoms with Gasteiger partial charge in [-0.2, -0.15) is 0 Å². The fourth-order valence-electron chi connectivity index (χ4n) is 1.99. The fourth-order valence-corrected chi connectivity index (χ4v) is 3.22. The Morgan fingerprint density at radius 3 is 2.45 bits per heavy atom. The van der Waals surface area contributed by atoms with Crippen LogP contribution in [0.1, 0.15) is 16.7 Å². The molecule has 0 spiro atoms. The summed E-state index contributed by atoms with van der Waals surface area (Å²) >= 11 is 0. The second kappa shape index (κ2) is 5.73. The molecule has 0 aromatic heterocycles. The molecule has 0 saturated carbocycles. The van der Waals surface area contributed by atoms with Crippen molar-refractivity contribution in [3.05, 3.63) is 65.0 Å². The van der Waals surface area contributed by atoms with E-state index in [0.717, 1.165) is 5.56 Å². The first-order valence-corrected chi connectivity index (χ1v) is 7.69. The molecule has 0 saturated heterocycles. The highest BCUT2D eigenvalue weighted by molar-refractivity contribution is 7.89. The van der Waals surface area contributed by atoms with Gasteiger partial charge in [-0.3, -0.25) is 0 Å². The van der Waals surface area contributed by atoms with Gasteiger partial charge in [0.15, 0.2) is 0 Å². The molecule has 0 fully saturated rings. The molecule has 5 heteroatoms. The van der Waals surface area contributed by atoms with Crippen LogP contribution in [0, 0.1) is 19.7 Å². The summed E-state index contributed by atoms with van der Waals surface area (Å²) in [5.41, 5.74) is 1.99. The summed E-state index contributed by atoms with van der Waals surface area (Å²) in [6.07, 6.45) is 0. The Kier molecular flexibility index (Phi) is 4.20. The minimum atomic E-state index is -3.64. The van der Waals surface area contributed by atoms with E-state index in [2.05, 4.69) is 4.72 Å². The van der Waals surface area contributed by atoms with Crippen molar-refractivity contribution in [2.45, 2.75) is 25.3 Å². The highest BCUT2D eigenvalue weighted by Gasteiger charge is 2.16. The van der Waals surface area contributed by atoms with Gasteiger partial charge in [-0.1, -0.05) is 35.9 Å². The predicted octanol–water partition coefficient (Wildman–Crippen LogP) is 2.92. The number of halogens is 1. The van der Waals surface area contributed by atoms with Gasteiger partial charge in [0, 0.05) is 12.1 Å². The van der Waals surface area contributed by atoms with Gasteiger partial charge in [0.05, 0.1) is 4.90 Å². The Labute approximate surface area is 118 Å². The van der Waals surface area contributed by atoms with Gasteiger partial charge in [-0.05, 0) is 31.5 Å².